The van der Waals surface area contributed by atoms with Gasteiger partial charge in [-0.05, 0) is 32.3 Å². The molecule has 12 nitrogen and oxygen atoms in total. The summed E-state index contributed by atoms with van der Waals surface area (Å²) in [5.74, 6) is -0.273. The molecule has 2 heterocycles. The summed E-state index contributed by atoms with van der Waals surface area (Å²) < 4.78 is 52.8. The minimum Gasteiger partial charge on any atom is -0.507 e. The Morgan fingerprint density at radius 2 is 1.83 bits per heavy atom. The second-order valence-electron chi connectivity index (χ2n) is 8.29. The lowest BCUT2D eigenvalue weighted by molar-refractivity contribution is -0.144. The van der Waals surface area contributed by atoms with Crippen molar-refractivity contribution in [1.29, 1.82) is 0 Å². The molecule has 0 atom stereocenters. The van der Waals surface area contributed by atoms with E-state index in [9.17, 15) is 14.7 Å². The number of phenolic OH excluding ortho intramolecular Hbond substituents is 1. The predicted molar refractivity (Wildman–Crippen MR) is 128 cm³/mol. The zero-order valence-corrected chi connectivity index (χ0v) is 21.4. The lowest BCUT2D eigenvalue weighted by atomic mass is 9.94. The van der Waals surface area contributed by atoms with E-state index in [0.717, 1.165) is 44.0 Å². The number of aromatic hydroxyl groups is 1. The molecule has 0 bridgehead atoms. The summed E-state index contributed by atoms with van der Waals surface area (Å²) in [4.78, 5) is 26.2. The molecule has 36 heavy (non-hydrogen) atoms. The van der Waals surface area contributed by atoms with E-state index in [-0.39, 0.29) is 23.9 Å². The van der Waals surface area contributed by atoms with Crippen molar-refractivity contribution in [3.8, 4) is 11.5 Å². The lowest BCUT2D eigenvalue weighted by Crippen LogP contribution is -2.38. The summed E-state index contributed by atoms with van der Waals surface area (Å²) in [5.41, 5.74) is 3.23. The molecule has 1 saturated heterocycles. The van der Waals surface area contributed by atoms with Gasteiger partial charge in [0.25, 0.3) is 0 Å². The smallest absolute Gasteiger partial charge is 0.394 e. The molecule has 202 valence electrons. The van der Waals surface area contributed by atoms with Gasteiger partial charge in [-0.25, -0.2) is 4.79 Å². The Balaban J connectivity index is 0.000000830. The third kappa shape index (κ3) is 9.06. The first-order chi connectivity index (χ1) is 16.9. The molecule has 0 saturated carbocycles. The lowest BCUT2D eigenvalue weighted by Gasteiger charge is -2.26. The van der Waals surface area contributed by atoms with Gasteiger partial charge in [0.15, 0.2) is 0 Å². The molecule has 1 fully saturated rings. The topological polar surface area (TPSA) is 169 Å². The van der Waals surface area contributed by atoms with Crippen molar-refractivity contribution in [2.75, 3.05) is 46.6 Å². The van der Waals surface area contributed by atoms with Crippen molar-refractivity contribution >= 4 is 22.3 Å². The number of methoxy groups -OCH3 is 1. The Kier molecular flexibility index (Phi) is 11.1. The van der Waals surface area contributed by atoms with Crippen molar-refractivity contribution in [3.63, 3.8) is 0 Å². The number of rotatable bonds is 9. The van der Waals surface area contributed by atoms with Crippen molar-refractivity contribution in [3.05, 3.63) is 33.9 Å². The Morgan fingerprint density at radius 1 is 1.19 bits per heavy atom. The van der Waals surface area contributed by atoms with Gasteiger partial charge >= 0.3 is 22.3 Å². The SMILES string of the molecule is COc1c(C)c2c(c(O)c1C/C=C(\C)CCC(=O)OCCN1CCOCC1)C(=O)OC2.O=S(=O)(O)O. The van der Waals surface area contributed by atoms with Crippen LogP contribution in [0.5, 0.6) is 11.5 Å². The number of nitrogens with zero attached hydrogens (tertiary/aromatic N) is 1. The highest BCUT2D eigenvalue weighted by molar-refractivity contribution is 7.79. The maximum Gasteiger partial charge on any atom is 0.394 e. The third-order valence-electron chi connectivity index (χ3n) is 5.80. The minimum atomic E-state index is -4.67. The van der Waals surface area contributed by atoms with Gasteiger partial charge < -0.3 is 24.1 Å². The van der Waals surface area contributed by atoms with Crippen LogP contribution < -0.4 is 4.74 Å². The Labute approximate surface area is 210 Å². The number of benzene rings is 1. The molecule has 1 aromatic rings. The van der Waals surface area contributed by atoms with Crippen LogP contribution in [0.4, 0.5) is 0 Å². The van der Waals surface area contributed by atoms with Crippen molar-refractivity contribution in [1.82, 2.24) is 4.90 Å². The van der Waals surface area contributed by atoms with Gasteiger partial charge in [-0.1, -0.05) is 11.6 Å². The molecule has 0 aliphatic carbocycles. The fraction of sp³-hybridized carbons (Fsp3) is 0.565. The van der Waals surface area contributed by atoms with E-state index in [1.807, 2.05) is 19.9 Å². The number of carbonyl (C=O) groups excluding carboxylic acids is 2. The quantitative estimate of drug-likeness (QED) is 0.241. The maximum absolute atomic E-state index is 12.0. The largest absolute Gasteiger partial charge is 0.507 e. The Bertz CT molecular complexity index is 1070. The van der Waals surface area contributed by atoms with E-state index in [1.165, 1.54) is 0 Å². The van der Waals surface area contributed by atoms with E-state index in [1.54, 1.807) is 7.11 Å². The molecule has 0 radical (unpaired) electrons. The highest BCUT2D eigenvalue weighted by Gasteiger charge is 2.31. The zero-order valence-electron chi connectivity index (χ0n) is 20.6. The summed E-state index contributed by atoms with van der Waals surface area (Å²) >= 11 is 0. The normalized spacial score (nSPS) is 16.0. The molecule has 1 aromatic carbocycles. The first kappa shape index (κ1) is 29.5. The summed E-state index contributed by atoms with van der Waals surface area (Å²) in [6, 6.07) is 0. The first-order valence-corrected chi connectivity index (χ1v) is 12.7. The van der Waals surface area contributed by atoms with Crippen molar-refractivity contribution in [2.24, 2.45) is 0 Å². The minimum absolute atomic E-state index is 0.0912. The van der Waals surface area contributed by atoms with Crippen LogP contribution in [0.15, 0.2) is 11.6 Å². The average Bonchev–Trinajstić information content (AvgIpc) is 3.20. The zero-order chi connectivity index (χ0) is 26.9. The number of fused-ring (bicyclic) bond motifs is 1. The molecule has 0 amide bonds. The highest BCUT2D eigenvalue weighted by Crippen LogP contribution is 2.42. The maximum atomic E-state index is 12.0. The van der Waals surface area contributed by atoms with Crippen molar-refractivity contribution in [2.45, 2.75) is 39.7 Å². The summed E-state index contributed by atoms with van der Waals surface area (Å²) in [6.07, 6.45) is 3.18. The standard InChI is InChI=1S/C23H31NO7.H2O4S/c1-15(5-7-19(25)30-13-10-24-8-11-29-12-9-24)4-6-17-21(26)20-18(14-31-23(20)27)16(2)22(17)28-3;1-5(2,3)4/h4,26H,5-14H2,1-3H3;(H2,1,2,3,4)/b15-4+;. The summed E-state index contributed by atoms with van der Waals surface area (Å²) in [5, 5.41) is 10.7. The van der Waals surface area contributed by atoms with E-state index in [2.05, 4.69) is 4.90 Å². The summed E-state index contributed by atoms with van der Waals surface area (Å²) in [7, 11) is -3.13. The second-order valence-corrected chi connectivity index (χ2v) is 9.19. The second kappa shape index (κ2) is 13.6. The number of carbonyl (C=O) groups is 2. The number of cyclic esters (lactones) is 1. The number of phenols is 1. The van der Waals surface area contributed by atoms with Crippen LogP contribution in [-0.4, -0.2) is 86.0 Å². The van der Waals surface area contributed by atoms with Crippen LogP contribution in [0.3, 0.4) is 0 Å². The number of hydrogen-bond donors (Lipinski definition) is 3. The van der Waals surface area contributed by atoms with Crippen LogP contribution in [0.25, 0.3) is 0 Å². The van der Waals surface area contributed by atoms with Gasteiger partial charge in [-0.15, -0.1) is 0 Å². The van der Waals surface area contributed by atoms with Crippen LogP contribution >= 0.6 is 0 Å². The van der Waals surface area contributed by atoms with Gasteiger partial charge in [0.1, 0.15) is 30.3 Å². The molecule has 0 unspecified atom stereocenters. The fourth-order valence-electron chi connectivity index (χ4n) is 3.89. The number of esters is 2. The van der Waals surface area contributed by atoms with Crippen molar-refractivity contribution < 1.29 is 51.2 Å². The molecule has 0 spiro atoms. The first-order valence-electron chi connectivity index (χ1n) is 11.3. The molecule has 0 aromatic heterocycles. The van der Waals surface area contributed by atoms with Gasteiger partial charge in [-0.3, -0.25) is 18.8 Å². The molecule has 3 rings (SSSR count). The average molecular weight is 532 g/mol. The van der Waals surface area contributed by atoms with E-state index in [0.29, 0.717) is 42.7 Å². The number of hydrogen-bond acceptors (Lipinski definition) is 10. The molecule has 2 aliphatic heterocycles. The predicted octanol–water partition coefficient (Wildman–Crippen LogP) is 1.87. The van der Waals surface area contributed by atoms with Gasteiger partial charge in [0.05, 0.1) is 20.3 Å². The van der Waals surface area contributed by atoms with Gasteiger partial charge in [-0.2, -0.15) is 8.42 Å². The Hall–Kier alpha value is -2.71. The van der Waals surface area contributed by atoms with Gasteiger partial charge in [0, 0.05) is 37.2 Å². The Morgan fingerprint density at radius 3 is 2.44 bits per heavy atom. The van der Waals surface area contributed by atoms with Crippen LogP contribution in [-0.2, 0) is 42.4 Å². The van der Waals surface area contributed by atoms with Crippen LogP contribution in [0.2, 0.25) is 0 Å². The molecular weight excluding hydrogens is 498 g/mol. The molecule has 2 aliphatic rings. The number of ether oxygens (including phenoxy) is 4. The fourth-order valence-corrected chi connectivity index (χ4v) is 3.89. The van der Waals surface area contributed by atoms with E-state index >= 15 is 0 Å². The monoisotopic (exact) mass is 531 g/mol. The third-order valence-corrected chi connectivity index (χ3v) is 5.80. The summed E-state index contributed by atoms with van der Waals surface area (Å²) in [6.45, 7) is 8.23. The van der Waals surface area contributed by atoms with Crippen LogP contribution in [0, 0.1) is 6.92 Å². The number of allylic oxidation sites excluding steroid dienone is 2. The molecular formula is C23H33NO11S. The number of morpholine rings is 1. The van der Waals surface area contributed by atoms with Gasteiger partial charge in [0.2, 0.25) is 0 Å². The highest BCUT2D eigenvalue weighted by atomic mass is 32.3. The van der Waals surface area contributed by atoms with E-state index in [4.69, 9.17) is 36.5 Å². The van der Waals surface area contributed by atoms with Crippen LogP contribution in [0.1, 0.15) is 46.8 Å². The molecule has 13 heteroatoms. The molecule has 3 N–H and O–H groups in total. The van der Waals surface area contributed by atoms with E-state index < -0.39 is 16.4 Å².